The van der Waals surface area contributed by atoms with Crippen molar-refractivity contribution >= 4 is 17.1 Å². The van der Waals surface area contributed by atoms with Crippen molar-refractivity contribution in [2.24, 2.45) is 0 Å². The van der Waals surface area contributed by atoms with Gasteiger partial charge in [0.05, 0.1) is 4.92 Å². The van der Waals surface area contributed by atoms with E-state index in [0.29, 0.717) is 0 Å². The first kappa shape index (κ1) is 13.6. The minimum Gasteiger partial charge on any atom is -0.388 e. The maximum absolute atomic E-state index is 11.0. The summed E-state index contributed by atoms with van der Waals surface area (Å²) in [6.07, 6.45) is 1.08. The summed E-state index contributed by atoms with van der Waals surface area (Å²) in [6, 6.07) is 5.19. The van der Waals surface area contributed by atoms with Gasteiger partial charge in [-0.15, -0.1) is 0 Å². The van der Waals surface area contributed by atoms with Crippen LogP contribution in [0.2, 0.25) is 0 Å². The average molecular weight is 264 g/mol. The number of hydrogen-bond donors (Lipinski definition) is 1. The van der Waals surface area contributed by atoms with E-state index < -0.39 is 0 Å². The first-order chi connectivity index (χ1) is 9.10. The highest BCUT2D eigenvalue weighted by atomic mass is 16.6. The smallest absolute Gasteiger partial charge is 0.273 e. The molecule has 0 aliphatic carbocycles. The average Bonchev–Trinajstić information content (AvgIpc) is 2.63. The standard InChI is InChI=1S/C13H20N4O2/c1-14-11-8-12(10-13(9-11)17(18)19)16-5-3-4-15(2)6-7-16/h8-10,14H,3-7H2,1-2H3. The zero-order valence-electron chi connectivity index (χ0n) is 11.4. The fourth-order valence-corrected chi connectivity index (χ4v) is 2.33. The number of nitro groups is 1. The lowest BCUT2D eigenvalue weighted by Gasteiger charge is -2.23. The summed E-state index contributed by atoms with van der Waals surface area (Å²) in [7, 11) is 3.88. The Kier molecular flexibility index (Phi) is 4.21. The van der Waals surface area contributed by atoms with Gasteiger partial charge in [0, 0.05) is 50.2 Å². The van der Waals surface area contributed by atoms with Gasteiger partial charge in [0.1, 0.15) is 0 Å². The van der Waals surface area contributed by atoms with E-state index in [9.17, 15) is 10.1 Å². The highest BCUT2D eigenvalue weighted by Crippen LogP contribution is 2.27. The maximum atomic E-state index is 11.0. The Morgan fingerprint density at radius 1 is 1.21 bits per heavy atom. The third-order valence-electron chi connectivity index (χ3n) is 3.49. The summed E-state index contributed by atoms with van der Waals surface area (Å²) in [6.45, 7) is 3.90. The Labute approximate surface area is 113 Å². The summed E-state index contributed by atoms with van der Waals surface area (Å²) in [5.74, 6) is 0. The summed E-state index contributed by atoms with van der Waals surface area (Å²) >= 11 is 0. The first-order valence-corrected chi connectivity index (χ1v) is 6.51. The van der Waals surface area contributed by atoms with Crippen LogP contribution in [0.15, 0.2) is 18.2 Å². The molecule has 1 aromatic rings. The molecule has 1 aliphatic rings. The largest absolute Gasteiger partial charge is 0.388 e. The molecule has 2 rings (SSSR count). The quantitative estimate of drug-likeness (QED) is 0.666. The topological polar surface area (TPSA) is 61.6 Å². The molecule has 0 unspecified atom stereocenters. The third-order valence-corrected chi connectivity index (χ3v) is 3.49. The molecule has 6 nitrogen and oxygen atoms in total. The van der Waals surface area contributed by atoms with E-state index in [0.717, 1.165) is 44.0 Å². The number of nitrogens with zero attached hydrogens (tertiary/aromatic N) is 3. The number of nitro benzene ring substituents is 1. The summed E-state index contributed by atoms with van der Waals surface area (Å²) in [4.78, 5) is 15.1. The molecule has 0 bridgehead atoms. The van der Waals surface area contributed by atoms with E-state index in [-0.39, 0.29) is 10.6 Å². The van der Waals surface area contributed by atoms with Crippen LogP contribution in [0.25, 0.3) is 0 Å². The number of nitrogens with one attached hydrogen (secondary N) is 1. The van der Waals surface area contributed by atoms with Crippen LogP contribution in [0.3, 0.4) is 0 Å². The van der Waals surface area contributed by atoms with Crippen molar-refractivity contribution in [2.45, 2.75) is 6.42 Å². The molecule has 1 saturated heterocycles. The summed E-state index contributed by atoms with van der Waals surface area (Å²) in [5, 5.41) is 14.0. The van der Waals surface area contributed by atoms with E-state index in [1.807, 2.05) is 6.07 Å². The van der Waals surface area contributed by atoms with E-state index in [4.69, 9.17) is 0 Å². The van der Waals surface area contributed by atoms with Crippen molar-refractivity contribution in [1.82, 2.24) is 4.90 Å². The second kappa shape index (κ2) is 5.88. The van der Waals surface area contributed by atoms with E-state index in [1.165, 1.54) is 0 Å². The highest BCUT2D eigenvalue weighted by molar-refractivity contribution is 5.64. The predicted molar refractivity (Wildman–Crippen MR) is 77.0 cm³/mol. The molecule has 0 atom stereocenters. The molecule has 0 aromatic heterocycles. The zero-order chi connectivity index (χ0) is 13.8. The van der Waals surface area contributed by atoms with E-state index in [2.05, 4.69) is 22.2 Å². The van der Waals surface area contributed by atoms with Crippen LogP contribution in [0, 0.1) is 10.1 Å². The van der Waals surface area contributed by atoms with Crippen LogP contribution >= 0.6 is 0 Å². The number of likely N-dealkylation sites (N-methyl/N-ethyl adjacent to an activating group) is 1. The predicted octanol–water partition coefficient (Wildman–Crippen LogP) is 1.78. The number of rotatable bonds is 3. The molecular weight excluding hydrogens is 244 g/mol. The molecule has 1 fully saturated rings. The lowest BCUT2D eigenvalue weighted by atomic mass is 10.2. The molecule has 0 spiro atoms. The Morgan fingerprint density at radius 3 is 2.68 bits per heavy atom. The molecule has 1 aliphatic heterocycles. The van der Waals surface area contributed by atoms with Gasteiger partial charge in [0.2, 0.25) is 0 Å². The molecule has 0 saturated carbocycles. The Hall–Kier alpha value is -1.82. The minimum absolute atomic E-state index is 0.138. The van der Waals surface area contributed by atoms with Crippen molar-refractivity contribution in [3.63, 3.8) is 0 Å². The summed E-state index contributed by atoms with van der Waals surface area (Å²) in [5.41, 5.74) is 1.84. The lowest BCUT2D eigenvalue weighted by Crippen LogP contribution is -2.28. The number of benzene rings is 1. The monoisotopic (exact) mass is 264 g/mol. The van der Waals surface area contributed by atoms with Gasteiger partial charge >= 0.3 is 0 Å². The minimum atomic E-state index is -0.339. The Morgan fingerprint density at radius 2 is 2.00 bits per heavy atom. The van der Waals surface area contributed by atoms with Gasteiger partial charge in [-0.2, -0.15) is 0 Å². The molecule has 1 heterocycles. The fourth-order valence-electron chi connectivity index (χ4n) is 2.33. The van der Waals surface area contributed by atoms with Crippen molar-refractivity contribution in [3.05, 3.63) is 28.3 Å². The normalized spacial score (nSPS) is 17.1. The van der Waals surface area contributed by atoms with Gasteiger partial charge in [0.25, 0.3) is 5.69 Å². The molecular formula is C13H20N4O2. The van der Waals surface area contributed by atoms with Gasteiger partial charge in [-0.05, 0) is 26.1 Å². The molecule has 1 aromatic carbocycles. The van der Waals surface area contributed by atoms with Gasteiger partial charge in [-0.25, -0.2) is 0 Å². The first-order valence-electron chi connectivity index (χ1n) is 6.51. The zero-order valence-corrected chi connectivity index (χ0v) is 11.4. The van der Waals surface area contributed by atoms with Crippen LogP contribution in [-0.2, 0) is 0 Å². The van der Waals surface area contributed by atoms with Crippen LogP contribution in [-0.4, -0.2) is 50.1 Å². The van der Waals surface area contributed by atoms with Crippen molar-refractivity contribution in [2.75, 3.05) is 50.5 Å². The summed E-state index contributed by atoms with van der Waals surface area (Å²) < 4.78 is 0. The van der Waals surface area contributed by atoms with Gasteiger partial charge in [-0.1, -0.05) is 0 Å². The molecule has 0 radical (unpaired) electrons. The maximum Gasteiger partial charge on any atom is 0.273 e. The third kappa shape index (κ3) is 3.35. The molecule has 1 N–H and O–H groups in total. The van der Waals surface area contributed by atoms with Crippen LogP contribution in [0.5, 0.6) is 0 Å². The van der Waals surface area contributed by atoms with Crippen molar-refractivity contribution < 1.29 is 4.92 Å². The van der Waals surface area contributed by atoms with Crippen LogP contribution in [0.4, 0.5) is 17.1 Å². The highest BCUT2D eigenvalue weighted by Gasteiger charge is 2.16. The van der Waals surface area contributed by atoms with Crippen molar-refractivity contribution in [1.29, 1.82) is 0 Å². The second-order valence-corrected chi connectivity index (χ2v) is 4.89. The molecule has 0 amide bonds. The second-order valence-electron chi connectivity index (χ2n) is 4.89. The number of hydrogen-bond acceptors (Lipinski definition) is 5. The molecule has 19 heavy (non-hydrogen) atoms. The van der Waals surface area contributed by atoms with Gasteiger partial charge < -0.3 is 15.1 Å². The van der Waals surface area contributed by atoms with Crippen LogP contribution < -0.4 is 10.2 Å². The number of non-ortho nitro benzene ring substituents is 1. The van der Waals surface area contributed by atoms with E-state index in [1.54, 1.807) is 19.2 Å². The van der Waals surface area contributed by atoms with Gasteiger partial charge in [-0.3, -0.25) is 10.1 Å². The lowest BCUT2D eigenvalue weighted by molar-refractivity contribution is -0.384. The fraction of sp³-hybridized carbons (Fsp3) is 0.538. The number of anilines is 2. The van der Waals surface area contributed by atoms with Crippen molar-refractivity contribution in [3.8, 4) is 0 Å². The molecule has 6 heteroatoms. The SMILES string of the molecule is CNc1cc(N2CCCN(C)CC2)cc([N+](=O)[O-])c1. The Balaban J connectivity index is 2.27. The van der Waals surface area contributed by atoms with Crippen LogP contribution in [0.1, 0.15) is 6.42 Å². The Bertz CT molecular complexity index is 464. The van der Waals surface area contributed by atoms with E-state index >= 15 is 0 Å². The molecule has 104 valence electrons. The van der Waals surface area contributed by atoms with Gasteiger partial charge in [0.15, 0.2) is 0 Å².